The van der Waals surface area contributed by atoms with Crippen molar-refractivity contribution < 1.29 is 4.79 Å². The van der Waals surface area contributed by atoms with Crippen LogP contribution in [0.3, 0.4) is 0 Å². The molecule has 1 saturated heterocycles. The quantitative estimate of drug-likeness (QED) is 0.569. The van der Waals surface area contributed by atoms with Gasteiger partial charge in [0.1, 0.15) is 0 Å². The maximum Gasteiger partial charge on any atom is 0.222 e. The summed E-state index contributed by atoms with van der Waals surface area (Å²) < 4.78 is 0. The molecule has 2 nitrogen and oxygen atoms in total. The van der Waals surface area contributed by atoms with Crippen LogP contribution in [0.5, 0.6) is 0 Å². The molecule has 0 bridgehead atoms. The molecule has 1 atom stereocenters. The van der Waals surface area contributed by atoms with Crippen LogP contribution in [0.25, 0.3) is 0 Å². The topological polar surface area (TPSA) is 20.3 Å². The zero-order chi connectivity index (χ0) is 7.56. The third kappa shape index (κ3) is 1.15. The van der Waals surface area contributed by atoms with E-state index in [4.69, 9.17) is 0 Å². The van der Waals surface area contributed by atoms with E-state index in [1.165, 1.54) is 0 Å². The molecule has 10 heavy (non-hydrogen) atoms. The number of carbonyl (C=O) groups is 1. The van der Waals surface area contributed by atoms with Crippen molar-refractivity contribution in [1.29, 1.82) is 0 Å². The van der Waals surface area contributed by atoms with Crippen molar-refractivity contribution >= 4 is 5.91 Å². The monoisotopic (exact) mass is 141 g/mol. The van der Waals surface area contributed by atoms with Gasteiger partial charge >= 0.3 is 0 Å². The lowest BCUT2D eigenvalue weighted by molar-refractivity contribution is -0.128. The van der Waals surface area contributed by atoms with Gasteiger partial charge in [0.2, 0.25) is 5.91 Å². The van der Waals surface area contributed by atoms with Gasteiger partial charge in [0.05, 0.1) is 0 Å². The Labute approximate surface area is 62.2 Å². The standard InChI is InChI=1S/C8H15NO/c1-3-7-5-6-8(10)9(7)4-2/h7H,3-6H2,1-2H3/t7-/m0/s1. The first-order valence-corrected chi connectivity index (χ1v) is 4.09. The predicted octanol–water partition coefficient (Wildman–Crippen LogP) is 1.41. The van der Waals surface area contributed by atoms with Crippen molar-refractivity contribution in [2.24, 2.45) is 0 Å². The molecule has 0 unspecified atom stereocenters. The van der Waals surface area contributed by atoms with E-state index in [-0.39, 0.29) is 0 Å². The van der Waals surface area contributed by atoms with E-state index in [1.54, 1.807) is 0 Å². The van der Waals surface area contributed by atoms with Crippen LogP contribution in [-0.4, -0.2) is 23.4 Å². The molecular formula is C8H15NO. The van der Waals surface area contributed by atoms with Crippen molar-refractivity contribution in [3.05, 3.63) is 0 Å². The van der Waals surface area contributed by atoms with Gasteiger partial charge in [0.25, 0.3) is 0 Å². The Morgan fingerprint density at radius 2 is 2.30 bits per heavy atom. The van der Waals surface area contributed by atoms with E-state index in [2.05, 4.69) is 6.92 Å². The predicted molar refractivity (Wildman–Crippen MR) is 40.7 cm³/mol. The highest BCUT2D eigenvalue weighted by molar-refractivity contribution is 5.78. The maximum absolute atomic E-state index is 11.1. The molecule has 0 aromatic rings. The summed E-state index contributed by atoms with van der Waals surface area (Å²) in [6.45, 7) is 5.08. The summed E-state index contributed by atoms with van der Waals surface area (Å²) in [5.74, 6) is 0.342. The number of rotatable bonds is 2. The largest absolute Gasteiger partial charge is 0.340 e. The van der Waals surface area contributed by atoms with Crippen LogP contribution < -0.4 is 0 Å². The summed E-state index contributed by atoms with van der Waals surface area (Å²) in [6.07, 6.45) is 2.95. The summed E-state index contributed by atoms with van der Waals surface area (Å²) in [5, 5.41) is 0. The minimum Gasteiger partial charge on any atom is -0.340 e. The molecule has 58 valence electrons. The highest BCUT2D eigenvalue weighted by Gasteiger charge is 2.27. The highest BCUT2D eigenvalue weighted by atomic mass is 16.2. The molecule has 0 spiro atoms. The summed E-state index contributed by atoms with van der Waals surface area (Å²) in [4.78, 5) is 13.1. The van der Waals surface area contributed by atoms with Crippen LogP contribution in [0.15, 0.2) is 0 Å². The van der Waals surface area contributed by atoms with Gasteiger partial charge in [0, 0.05) is 19.0 Å². The second-order valence-electron chi connectivity index (χ2n) is 2.78. The van der Waals surface area contributed by atoms with Gasteiger partial charge in [-0.25, -0.2) is 0 Å². The first-order valence-electron chi connectivity index (χ1n) is 4.09. The van der Waals surface area contributed by atoms with Gasteiger partial charge in [-0.2, -0.15) is 0 Å². The van der Waals surface area contributed by atoms with Gasteiger partial charge in [-0.15, -0.1) is 0 Å². The van der Waals surface area contributed by atoms with Crippen LogP contribution in [0.4, 0.5) is 0 Å². The number of hydrogen-bond donors (Lipinski definition) is 0. The number of amides is 1. The van der Waals surface area contributed by atoms with Crippen molar-refractivity contribution in [1.82, 2.24) is 4.90 Å². The Morgan fingerprint density at radius 3 is 2.70 bits per heavy atom. The molecule has 0 aromatic heterocycles. The molecule has 0 aromatic carbocycles. The molecule has 1 aliphatic rings. The zero-order valence-electron chi connectivity index (χ0n) is 6.76. The third-order valence-corrected chi connectivity index (χ3v) is 2.26. The van der Waals surface area contributed by atoms with Gasteiger partial charge in [-0.1, -0.05) is 6.92 Å². The SMILES string of the molecule is CC[C@H]1CCC(=O)N1CC. The Morgan fingerprint density at radius 1 is 1.60 bits per heavy atom. The van der Waals surface area contributed by atoms with Crippen molar-refractivity contribution in [3.8, 4) is 0 Å². The van der Waals surface area contributed by atoms with E-state index in [9.17, 15) is 4.79 Å². The highest BCUT2D eigenvalue weighted by Crippen LogP contribution is 2.19. The number of likely N-dealkylation sites (tertiary alicyclic amines) is 1. The molecule has 1 amide bonds. The Kier molecular flexibility index (Phi) is 2.30. The summed E-state index contributed by atoms with van der Waals surface area (Å²) >= 11 is 0. The van der Waals surface area contributed by atoms with Crippen LogP contribution in [0, 0.1) is 0 Å². The number of hydrogen-bond acceptors (Lipinski definition) is 1. The molecule has 1 fully saturated rings. The Bertz CT molecular complexity index is 133. The second kappa shape index (κ2) is 3.04. The smallest absolute Gasteiger partial charge is 0.222 e. The van der Waals surface area contributed by atoms with Gasteiger partial charge < -0.3 is 4.90 Å². The van der Waals surface area contributed by atoms with E-state index in [0.717, 1.165) is 25.8 Å². The lowest BCUT2D eigenvalue weighted by atomic mass is 10.2. The van der Waals surface area contributed by atoms with Gasteiger partial charge in [0.15, 0.2) is 0 Å². The first-order chi connectivity index (χ1) is 4.79. The van der Waals surface area contributed by atoms with E-state index in [1.807, 2.05) is 11.8 Å². The lowest BCUT2D eigenvalue weighted by Gasteiger charge is -2.21. The van der Waals surface area contributed by atoms with Gasteiger partial charge in [-0.3, -0.25) is 4.79 Å². The van der Waals surface area contributed by atoms with Crippen LogP contribution >= 0.6 is 0 Å². The van der Waals surface area contributed by atoms with Crippen molar-refractivity contribution in [3.63, 3.8) is 0 Å². The average molecular weight is 141 g/mol. The fourth-order valence-corrected chi connectivity index (χ4v) is 1.65. The lowest BCUT2D eigenvalue weighted by Crippen LogP contribution is -2.31. The minimum absolute atomic E-state index is 0.342. The second-order valence-corrected chi connectivity index (χ2v) is 2.78. The van der Waals surface area contributed by atoms with Crippen LogP contribution in [0.1, 0.15) is 33.1 Å². The normalized spacial score (nSPS) is 26.0. The molecule has 1 rings (SSSR count). The fourth-order valence-electron chi connectivity index (χ4n) is 1.65. The number of carbonyl (C=O) groups excluding carboxylic acids is 1. The fraction of sp³-hybridized carbons (Fsp3) is 0.875. The third-order valence-electron chi connectivity index (χ3n) is 2.26. The molecule has 2 heteroatoms. The van der Waals surface area contributed by atoms with Gasteiger partial charge in [-0.05, 0) is 19.8 Å². The summed E-state index contributed by atoms with van der Waals surface area (Å²) in [7, 11) is 0. The molecule has 1 heterocycles. The van der Waals surface area contributed by atoms with E-state index >= 15 is 0 Å². The molecule has 0 aliphatic carbocycles. The van der Waals surface area contributed by atoms with E-state index < -0.39 is 0 Å². The molecule has 0 saturated carbocycles. The number of nitrogens with zero attached hydrogens (tertiary/aromatic N) is 1. The zero-order valence-corrected chi connectivity index (χ0v) is 6.76. The first kappa shape index (κ1) is 7.58. The van der Waals surface area contributed by atoms with Crippen LogP contribution in [0.2, 0.25) is 0 Å². The minimum atomic E-state index is 0.342. The summed E-state index contributed by atoms with van der Waals surface area (Å²) in [6, 6.07) is 0.539. The Hall–Kier alpha value is -0.530. The Balaban J connectivity index is 2.54. The van der Waals surface area contributed by atoms with E-state index in [0.29, 0.717) is 11.9 Å². The van der Waals surface area contributed by atoms with Crippen LogP contribution in [-0.2, 0) is 4.79 Å². The van der Waals surface area contributed by atoms with Crippen molar-refractivity contribution in [2.75, 3.05) is 6.54 Å². The molecule has 0 N–H and O–H groups in total. The summed E-state index contributed by atoms with van der Waals surface area (Å²) in [5.41, 5.74) is 0. The maximum atomic E-state index is 11.1. The van der Waals surface area contributed by atoms with Crippen molar-refractivity contribution in [2.45, 2.75) is 39.2 Å². The molecular weight excluding hydrogens is 126 g/mol. The average Bonchev–Trinajstić information content (AvgIpc) is 2.30. The molecule has 1 aliphatic heterocycles. The molecule has 0 radical (unpaired) electrons.